The van der Waals surface area contributed by atoms with Gasteiger partial charge in [-0.25, -0.2) is 9.67 Å². The number of hydrogen-bond donors (Lipinski definition) is 2. The third kappa shape index (κ3) is 2.54. The predicted octanol–water partition coefficient (Wildman–Crippen LogP) is 0.179. The van der Waals surface area contributed by atoms with Crippen molar-refractivity contribution in [2.75, 3.05) is 18.5 Å². The standard InChI is InChI=1S/C13H15N5O2/c14-12-6-20-5-11(12)13(19)17-9-1-3-10(4-2-9)18-8-15-7-16-18/h1-4,7-8,11-12H,5-6,14H2,(H,17,19). The van der Waals surface area contributed by atoms with E-state index < -0.39 is 0 Å². The second-order valence-electron chi connectivity index (χ2n) is 4.68. The molecule has 1 aromatic heterocycles. The number of nitrogens with two attached hydrogens (primary N) is 1. The number of ether oxygens (including phenoxy) is 1. The maximum absolute atomic E-state index is 12.0. The van der Waals surface area contributed by atoms with Crippen LogP contribution in [0.25, 0.3) is 5.69 Å². The van der Waals surface area contributed by atoms with Crippen LogP contribution < -0.4 is 11.1 Å². The van der Waals surface area contributed by atoms with E-state index in [2.05, 4.69) is 15.4 Å². The van der Waals surface area contributed by atoms with Gasteiger partial charge in [-0.3, -0.25) is 4.79 Å². The summed E-state index contributed by atoms with van der Waals surface area (Å²) in [6.45, 7) is 0.813. The van der Waals surface area contributed by atoms with Gasteiger partial charge in [0, 0.05) is 11.7 Å². The number of nitrogens with zero attached hydrogens (tertiary/aromatic N) is 3. The van der Waals surface area contributed by atoms with Gasteiger partial charge in [0.25, 0.3) is 0 Å². The molecule has 7 heteroatoms. The van der Waals surface area contributed by atoms with E-state index in [1.54, 1.807) is 11.0 Å². The first-order valence-electron chi connectivity index (χ1n) is 6.33. The van der Waals surface area contributed by atoms with Crippen LogP contribution in [0.2, 0.25) is 0 Å². The van der Waals surface area contributed by atoms with Crippen LogP contribution in [0, 0.1) is 5.92 Å². The van der Waals surface area contributed by atoms with Crippen LogP contribution >= 0.6 is 0 Å². The Morgan fingerprint density at radius 2 is 2.15 bits per heavy atom. The van der Waals surface area contributed by atoms with Gasteiger partial charge in [0.05, 0.1) is 24.8 Å². The number of nitrogens with one attached hydrogen (secondary N) is 1. The maximum atomic E-state index is 12.0. The van der Waals surface area contributed by atoms with Crippen LogP contribution in [-0.2, 0) is 9.53 Å². The van der Waals surface area contributed by atoms with Gasteiger partial charge >= 0.3 is 0 Å². The topological polar surface area (TPSA) is 95.1 Å². The summed E-state index contributed by atoms with van der Waals surface area (Å²) < 4.78 is 6.84. The first kappa shape index (κ1) is 12.8. The van der Waals surface area contributed by atoms with Crippen molar-refractivity contribution in [2.45, 2.75) is 6.04 Å². The summed E-state index contributed by atoms with van der Waals surface area (Å²) in [5, 5.41) is 6.88. The minimum Gasteiger partial charge on any atom is -0.379 e. The number of benzene rings is 1. The number of carbonyl (C=O) groups excluding carboxylic acids is 1. The van der Waals surface area contributed by atoms with Crippen molar-refractivity contribution in [3.05, 3.63) is 36.9 Å². The molecule has 2 aromatic rings. The van der Waals surface area contributed by atoms with Crippen LogP contribution in [0.4, 0.5) is 5.69 Å². The summed E-state index contributed by atoms with van der Waals surface area (Å²) in [5.74, 6) is -0.395. The molecule has 104 valence electrons. The van der Waals surface area contributed by atoms with E-state index in [-0.39, 0.29) is 17.9 Å². The average Bonchev–Trinajstić information content (AvgIpc) is 3.10. The summed E-state index contributed by atoms with van der Waals surface area (Å²) in [4.78, 5) is 15.9. The Morgan fingerprint density at radius 3 is 2.75 bits per heavy atom. The Balaban J connectivity index is 1.68. The van der Waals surface area contributed by atoms with Gasteiger partial charge in [0.1, 0.15) is 12.7 Å². The van der Waals surface area contributed by atoms with E-state index >= 15 is 0 Å². The van der Waals surface area contributed by atoms with E-state index in [9.17, 15) is 4.79 Å². The highest BCUT2D eigenvalue weighted by Gasteiger charge is 2.31. The van der Waals surface area contributed by atoms with Crippen molar-refractivity contribution < 1.29 is 9.53 Å². The van der Waals surface area contributed by atoms with Gasteiger partial charge in [-0.05, 0) is 24.3 Å². The molecule has 2 atom stereocenters. The quantitative estimate of drug-likeness (QED) is 0.831. The van der Waals surface area contributed by atoms with Gasteiger partial charge in [-0.2, -0.15) is 5.10 Å². The molecule has 1 aliphatic rings. The molecule has 20 heavy (non-hydrogen) atoms. The molecular weight excluding hydrogens is 258 g/mol. The number of carbonyl (C=O) groups is 1. The van der Waals surface area contributed by atoms with Gasteiger partial charge in [-0.15, -0.1) is 0 Å². The second-order valence-corrected chi connectivity index (χ2v) is 4.68. The van der Waals surface area contributed by atoms with Crippen molar-refractivity contribution in [1.82, 2.24) is 14.8 Å². The molecular formula is C13H15N5O2. The van der Waals surface area contributed by atoms with E-state index in [1.807, 2.05) is 24.3 Å². The lowest BCUT2D eigenvalue weighted by molar-refractivity contribution is -0.120. The molecule has 2 heterocycles. The molecule has 3 N–H and O–H groups in total. The Morgan fingerprint density at radius 1 is 1.35 bits per heavy atom. The average molecular weight is 273 g/mol. The Bertz CT molecular complexity index is 581. The summed E-state index contributed by atoms with van der Waals surface area (Å²) >= 11 is 0. The van der Waals surface area contributed by atoms with Gasteiger partial charge < -0.3 is 15.8 Å². The zero-order valence-corrected chi connectivity index (χ0v) is 10.8. The number of hydrogen-bond acceptors (Lipinski definition) is 5. The van der Waals surface area contributed by atoms with Crippen molar-refractivity contribution in [2.24, 2.45) is 11.7 Å². The fourth-order valence-corrected chi connectivity index (χ4v) is 2.11. The molecule has 2 unspecified atom stereocenters. The summed E-state index contributed by atoms with van der Waals surface area (Å²) in [6.07, 6.45) is 3.08. The first-order valence-corrected chi connectivity index (χ1v) is 6.33. The predicted molar refractivity (Wildman–Crippen MR) is 72.3 cm³/mol. The number of amides is 1. The normalized spacial score (nSPS) is 21.9. The smallest absolute Gasteiger partial charge is 0.231 e. The van der Waals surface area contributed by atoms with E-state index in [4.69, 9.17) is 10.5 Å². The fraction of sp³-hybridized carbons (Fsp3) is 0.308. The molecule has 1 aromatic carbocycles. The lowest BCUT2D eigenvalue weighted by Gasteiger charge is -2.13. The molecule has 3 rings (SSSR count). The van der Waals surface area contributed by atoms with Gasteiger partial charge in [0.2, 0.25) is 5.91 Å². The third-order valence-corrected chi connectivity index (χ3v) is 3.28. The highest BCUT2D eigenvalue weighted by atomic mass is 16.5. The van der Waals surface area contributed by atoms with E-state index in [0.717, 1.165) is 11.4 Å². The first-order chi connectivity index (χ1) is 9.74. The Kier molecular flexibility index (Phi) is 3.44. The minimum absolute atomic E-state index is 0.108. The molecule has 7 nitrogen and oxygen atoms in total. The van der Waals surface area contributed by atoms with Crippen molar-refractivity contribution in [3.8, 4) is 5.69 Å². The van der Waals surface area contributed by atoms with Crippen LogP contribution in [-0.4, -0.2) is 39.9 Å². The molecule has 0 bridgehead atoms. The van der Waals surface area contributed by atoms with Crippen LogP contribution in [0.5, 0.6) is 0 Å². The van der Waals surface area contributed by atoms with Gasteiger partial charge in [-0.1, -0.05) is 0 Å². The Hall–Kier alpha value is -2.25. The number of anilines is 1. The second kappa shape index (κ2) is 5.40. The highest BCUT2D eigenvalue weighted by Crippen LogP contribution is 2.16. The third-order valence-electron chi connectivity index (χ3n) is 3.28. The lowest BCUT2D eigenvalue weighted by Crippen LogP contribution is -2.37. The monoisotopic (exact) mass is 273 g/mol. The lowest BCUT2D eigenvalue weighted by atomic mass is 10.0. The highest BCUT2D eigenvalue weighted by molar-refractivity contribution is 5.93. The zero-order chi connectivity index (χ0) is 13.9. The molecule has 1 saturated heterocycles. The number of rotatable bonds is 3. The molecule has 1 fully saturated rings. The van der Waals surface area contributed by atoms with Crippen LogP contribution in [0.1, 0.15) is 0 Å². The molecule has 0 saturated carbocycles. The molecule has 0 aliphatic carbocycles. The van der Waals surface area contributed by atoms with Crippen molar-refractivity contribution >= 4 is 11.6 Å². The van der Waals surface area contributed by atoms with E-state index in [1.165, 1.54) is 6.33 Å². The summed E-state index contributed by atoms with van der Waals surface area (Å²) in [5.41, 5.74) is 7.41. The zero-order valence-electron chi connectivity index (χ0n) is 10.8. The van der Waals surface area contributed by atoms with Crippen molar-refractivity contribution in [3.63, 3.8) is 0 Å². The fourth-order valence-electron chi connectivity index (χ4n) is 2.11. The largest absolute Gasteiger partial charge is 0.379 e. The maximum Gasteiger partial charge on any atom is 0.231 e. The Labute approximate surface area is 115 Å². The summed E-state index contributed by atoms with van der Waals surface area (Å²) in [7, 11) is 0. The minimum atomic E-state index is -0.287. The SMILES string of the molecule is NC1COCC1C(=O)Nc1ccc(-n2cncn2)cc1. The van der Waals surface area contributed by atoms with Crippen LogP contribution in [0.3, 0.4) is 0 Å². The number of aromatic nitrogens is 3. The van der Waals surface area contributed by atoms with E-state index in [0.29, 0.717) is 13.2 Å². The molecule has 0 radical (unpaired) electrons. The molecule has 0 spiro atoms. The molecule has 1 amide bonds. The van der Waals surface area contributed by atoms with Crippen molar-refractivity contribution in [1.29, 1.82) is 0 Å². The van der Waals surface area contributed by atoms with Crippen LogP contribution in [0.15, 0.2) is 36.9 Å². The summed E-state index contributed by atoms with van der Waals surface area (Å²) in [6, 6.07) is 7.11. The van der Waals surface area contributed by atoms with Gasteiger partial charge in [0.15, 0.2) is 0 Å². The molecule has 1 aliphatic heterocycles.